The van der Waals surface area contributed by atoms with Crippen molar-refractivity contribution >= 4 is 50.1 Å². The van der Waals surface area contributed by atoms with Gasteiger partial charge in [-0.05, 0) is 55.6 Å². The Morgan fingerprint density at radius 2 is 2.02 bits per heavy atom. The molecular formula is C31H33F3N8O2S. The summed E-state index contributed by atoms with van der Waals surface area (Å²) in [7, 11) is 0. The maximum Gasteiger partial charge on any atom is 0.393 e. The molecule has 7 rings (SSSR count). The van der Waals surface area contributed by atoms with Gasteiger partial charge in [0, 0.05) is 53.9 Å². The van der Waals surface area contributed by atoms with Crippen LogP contribution in [0.2, 0.25) is 0 Å². The Hall–Kier alpha value is -3.93. The number of aromatic nitrogens is 3. The number of carbonyl (C=O) groups excluding carboxylic acids is 1. The molecule has 6 heterocycles. The monoisotopic (exact) mass is 638 g/mol. The number of likely N-dealkylation sites (tertiary alicyclic amines) is 1. The van der Waals surface area contributed by atoms with Crippen LogP contribution in [0.5, 0.6) is 0 Å². The second-order valence-electron chi connectivity index (χ2n) is 12.5. The number of halogens is 3. The van der Waals surface area contributed by atoms with Crippen LogP contribution in [0.3, 0.4) is 0 Å². The summed E-state index contributed by atoms with van der Waals surface area (Å²) in [5.74, 6) is 0.567. The largest absolute Gasteiger partial charge is 0.393 e. The van der Waals surface area contributed by atoms with Crippen LogP contribution in [0.15, 0.2) is 24.3 Å². The number of nitrogen functional groups attached to an aromatic ring is 1. The minimum absolute atomic E-state index is 0.0261. The summed E-state index contributed by atoms with van der Waals surface area (Å²) in [6.45, 7) is 7.17. The number of hydrogen-bond donors (Lipinski definition) is 2. The Labute approximate surface area is 261 Å². The molecule has 0 bridgehead atoms. The molecule has 0 radical (unpaired) electrons. The number of rotatable bonds is 6. The summed E-state index contributed by atoms with van der Waals surface area (Å²) >= 11 is 1.02. The number of alkyl halides is 3. The number of aryl methyl sites for hydroxylation is 1. The molecule has 45 heavy (non-hydrogen) atoms. The second-order valence-corrected chi connectivity index (χ2v) is 13.6. The molecule has 2 atom stereocenters. The molecule has 236 valence electrons. The number of nitrogens with one attached hydrogen (secondary N) is 1. The first kappa shape index (κ1) is 29.8. The third kappa shape index (κ3) is 5.80. The lowest BCUT2D eigenvalue weighted by Gasteiger charge is -2.26. The predicted octanol–water partition coefficient (Wildman–Crippen LogP) is 4.13. The van der Waals surface area contributed by atoms with Crippen molar-refractivity contribution in [2.24, 2.45) is 5.41 Å². The number of ether oxygens (including phenoxy) is 1. The van der Waals surface area contributed by atoms with E-state index in [0.29, 0.717) is 34.8 Å². The van der Waals surface area contributed by atoms with Crippen LogP contribution in [0.25, 0.3) is 21.1 Å². The Balaban J connectivity index is 1.06. The van der Waals surface area contributed by atoms with Crippen LogP contribution in [-0.2, 0) is 29.0 Å². The van der Waals surface area contributed by atoms with Gasteiger partial charge in [0.1, 0.15) is 29.0 Å². The molecule has 0 aliphatic carbocycles. The van der Waals surface area contributed by atoms with Crippen LogP contribution >= 0.6 is 11.3 Å². The highest BCUT2D eigenvalue weighted by atomic mass is 32.1. The average molecular weight is 639 g/mol. The van der Waals surface area contributed by atoms with Crippen molar-refractivity contribution in [2.45, 2.75) is 51.6 Å². The molecule has 3 aliphatic heterocycles. The van der Waals surface area contributed by atoms with E-state index >= 15 is 0 Å². The summed E-state index contributed by atoms with van der Waals surface area (Å²) in [6.07, 6.45) is -3.50. The maximum atomic E-state index is 13.1. The van der Waals surface area contributed by atoms with E-state index < -0.39 is 12.6 Å². The number of nitrogens with zero attached hydrogens (tertiary/aromatic N) is 6. The zero-order chi connectivity index (χ0) is 31.5. The van der Waals surface area contributed by atoms with Gasteiger partial charge < -0.3 is 25.3 Å². The predicted molar refractivity (Wildman–Crippen MR) is 165 cm³/mol. The number of nitrogens with two attached hydrogens (primary N) is 1. The van der Waals surface area contributed by atoms with Crippen LogP contribution in [-0.4, -0.2) is 77.0 Å². The highest BCUT2D eigenvalue weighted by Crippen LogP contribution is 2.44. The number of anilines is 2. The van der Waals surface area contributed by atoms with Crippen molar-refractivity contribution in [1.82, 2.24) is 24.8 Å². The average Bonchev–Trinajstić information content (AvgIpc) is 3.76. The molecule has 3 aliphatic rings. The first-order valence-corrected chi connectivity index (χ1v) is 15.8. The summed E-state index contributed by atoms with van der Waals surface area (Å²) < 4.78 is 46.9. The molecule has 1 spiro atoms. The van der Waals surface area contributed by atoms with Gasteiger partial charge in [0.15, 0.2) is 0 Å². The molecule has 3 N–H and O–H groups in total. The molecule has 1 aromatic carbocycles. The van der Waals surface area contributed by atoms with E-state index in [9.17, 15) is 23.2 Å². The Bertz CT molecular complexity index is 1840. The van der Waals surface area contributed by atoms with Crippen LogP contribution in [0.1, 0.15) is 34.5 Å². The van der Waals surface area contributed by atoms with E-state index in [1.165, 1.54) is 5.56 Å². The number of amides is 1. The zero-order valence-corrected chi connectivity index (χ0v) is 25.6. The topological polar surface area (TPSA) is 125 Å². The van der Waals surface area contributed by atoms with Gasteiger partial charge in [-0.3, -0.25) is 9.69 Å². The first-order valence-electron chi connectivity index (χ1n) is 15.0. The van der Waals surface area contributed by atoms with Crippen LogP contribution < -0.4 is 16.0 Å². The van der Waals surface area contributed by atoms with Crippen molar-refractivity contribution in [1.29, 1.82) is 5.26 Å². The minimum Gasteiger partial charge on any atom is -0.368 e. The molecule has 3 aromatic heterocycles. The SMILES string of the molecule is Cc1c(CN2CCC3(CCN(c4nc(N)nc5sc(CC(F)(F)F)cc45)C3)C2)ccc2c1cc(C#N)n2C[C@@H]1CNC(=O)CO1. The molecule has 4 aromatic rings. The van der Waals surface area contributed by atoms with Crippen molar-refractivity contribution in [3.8, 4) is 6.07 Å². The normalized spacial score (nSPS) is 22.6. The highest BCUT2D eigenvalue weighted by Gasteiger charge is 2.44. The smallest absolute Gasteiger partial charge is 0.368 e. The Kier molecular flexibility index (Phi) is 7.37. The second kappa shape index (κ2) is 11.1. The van der Waals surface area contributed by atoms with Gasteiger partial charge in [0.25, 0.3) is 0 Å². The van der Waals surface area contributed by atoms with E-state index in [1.807, 2.05) is 10.6 Å². The van der Waals surface area contributed by atoms with E-state index in [4.69, 9.17) is 10.5 Å². The molecule has 1 unspecified atom stereocenters. The van der Waals surface area contributed by atoms with Crippen molar-refractivity contribution in [3.63, 3.8) is 0 Å². The fourth-order valence-electron chi connectivity index (χ4n) is 7.18. The van der Waals surface area contributed by atoms with E-state index in [-0.39, 0.29) is 34.9 Å². The Morgan fingerprint density at radius 1 is 1.20 bits per heavy atom. The quantitative estimate of drug-likeness (QED) is 0.323. The van der Waals surface area contributed by atoms with E-state index in [2.05, 4.69) is 50.2 Å². The zero-order valence-electron chi connectivity index (χ0n) is 24.8. The lowest BCUT2D eigenvalue weighted by Crippen LogP contribution is -2.44. The Morgan fingerprint density at radius 3 is 2.78 bits per heavy atom. The number of fused-ring (bicyclic) bond motifs is 2. The molecule has 10 nitrogen and oxygen atoms in total. The van der Waals surface area contributed by atoms with Gasteiger partial charge in [-0.15, -0.1) is 11.3 Å². The lowest BCUT2D eigenvalue weighted by molar-refractivity contribution is -0.133. The van der Waals surface area contributed by atoms with Crippen LogP contribution in [0, 0.1) is 23.7 Å². The minimum atomic E-state index is -4.29. The summed E-state index contributed by atoms with van der Waals surface area (Å²) in [5, 5.41) is 14.4. The maximum absolute atomic E-state index is 13.1. The number of carbonyl (C=O) groups is 1. The summed E-state index contributed by atoms with van der Waals surface area (Å²) in [4.78, 5) is 25.5. The third-order valence-electron chi connectivity index (χ3n) is 9.41. The molecule has 3 saturated heterocycles. The molecule has 0 saturated carbocycles. The first-order chi connectivity index (χ1) is 21.5. The van der Waals surface area contributed by atoms with Gasteiger partial charge in [0.05, 0.1) is 24.5 Å². The lowest BCUT2D eigenvalue weighted by atomic mass is 9.86. The molecule has 3 fully saturated rings. The number of benzene rings is 1. The van der Waals surface area contributed by atoms with Crippen molar-refractivity contribution < 1.29 is 22.7 Å². The van der Waals surface area contributed by atoms with Gasteiger partial charge >= 0.3 is 6.18 Å². The van der Waals surface area contributed by atoms with Gasteiger partial charge in [-0.25, -0.2) is 4.98 Å². The molecular weight excluding hydrogens is 605 g/mol. The summed E-state index contributed by atoms with van der Waals surface area (Å²) in [6, 6.07) is 10.0. The van der Waals surface area contributed by atoms with E-state index in [0.717, 1.165) is 73.4 Å². The standard InChI is InChI=1S/C31H33F3N8O2S/c1-18-19(2-3-25-23(18)8-20(11-35)42(25)14-21-12-37-26(43)15-44-21)13-40-6-4-30(16-40)5-7-41(17-30)27-24-9-22(10-31(32,33)34)45-28(24)39-29(36)38-27/h2-3,8-9,21H,4-7,10,12-17H2,1H3,(H,37,43)(H2,36,38,39)/t21-,30?/m0/s1. The number of thiophene rings is 1. The molecule has 1 amide bonds. The third-order valence-corrected chi connectivity index (χ3v) is 10.4. The van der Waals surface area contributed by atoms with Gasteiger partial charge in [-0.1, -0.05) is 6.07 Å². The molecule has 14 heteroatoms. The number of morpholine rings is 1. The summed E-state index contributed by atoms with van der Waals surface area (Å²) in [5.41, 5.74) is 9.93. The van der Waals surface area contributed by atoms with Gasteiger partial charge in [-0.2, -0.15) is 23.4 Å². The van der Waals surface area contributed by atoms with Crippen molar-refractivity contribution in [3.05, 3.63) is 46.0 Å². The number of nitriles is 1. The van der Waals surface area contributed by atoms with Gasteiger partial charge in [0.2, 0.25) is 11.9 Å². The van der Waals surface area contributed by atoms with Crippen LogP contribution in [0.4, 0.5) is 24.9 Å². The van der Waals surface area contributed by atoms with Crippen molar-refractivity contribution in [2.75, 3.05) is 50.0 Å². The van der Waals surface area contributed by atoms with E-state index in [1.54, 1.807) is 6.07 Å². The fourth-order valence-corrected chi connectivity index (χ4v) is 8.25. The highest BCUT2D eigenvalue weighted by molar-refractivity contribution is 7.18. The number of hydrogen-bond acceptors (Lipinski definition) is 9. The fraction of sp³-hybridized carbons (Fsp3) is 0.484.